The van der Waals surface area contributed by atoms with Gasteiger partial charge in [0, 0.05) is 118 Å². The Morgan fingerprint density at radius 3 is 1.71 bits per heavy atom. The standard InChI is InChI=1S/C27H33N2.C23H21N2S2.C21H21N2S2.C19H17N2S2.4HI/c1-7-28-22-16-11-9-14-20(22)26(3,4)24(28)18-13-19-25-27(5,6)21-15-10-12-17-23(21)29(25)8-2;1-6-16-8-4-14-24-20(26-18(10-1)22(16)24)12-3-13-21-25-15-5-9-17-7-2-11-19(27-21)23(17)25;1-3-22-16-10-5-7-12-18(16)24-20(22)14-9-15-21-23(4-2)17-11-6-8-13-19(17)25-21;1-20-14-8-3-5-10-16(14)22-18(20)12-7-13-19-21(2)15-9-4-6-11-17(15)23-19;;;;/h9-19H,7-8H2,1-6H3;1-3,6-7,10-13H,4-5,8-9,14-15H2;5-15H,3-4H2,1-2H3;3-13H,1-2H3;4*1H/q4*+1;;;;/p-4. The molecule has 7 aliphatic heterocycles. The molecule has 11 aromatic rings. The Bertz CT molecular complexity index is 5420. The van der Waals surface area contributed by atoms with Gasteiger partial charge in [-0.25, -0.2) is 0 Å². The molecule has 0 spiro atoms. The van der Waals surface area contributed by atoms with E-state index < -0.39 is 0 Å². The van der Waals surface area contributed by atoms with Crippen molar-refractivity contribution in [2.45, 2.75) is 120 Å². The summed E-state index contributed by atoms with van der Waals surface area (Å²) in [7, 11) is 4.25. The summed E-state index contributed by atoms with van der Waals surface area (Å²) in [5.74, 6) is 0. The zero-order valence-corrected chi connectivity index (χ0v) is 76.4. The zero-order valence-electron chi connectivity index (χ0n) is 62.9. The smallest absolute Gasteiger partial charge is 0.262 e. The lowest BCUT2D eigenvalue weighted by molar-refractivity contribution is -0.671. The molecular weight excluding hydrogens is 1890 g/mol. The first-order chi connectivity index (χ1) is 50.8. The maximum Gasteiger partial charge on any atom is 0.262 e. The highest BCUT2D eigenvalue weighted by Gasteiger charge is 2.44. The molecule has 0 saturated carbocycles. The molecule has 556 valence electrons. The molecule has 18 rings (SSSR count). The van der Waals surface area contributed by atoms with Gasteiger partial charge >= 0.3 is 0 Å². The second kappa shape index (κ2) is 36.8. The number of hydrogen-bond acceptors (Lipinski definition) is 10. The first-order valence-corrected chi connectivity index (χ1v) is 41.7. The van der Waals surface area contributed by atoms with E-state index in [1.165, 1.54) is 163 Å². The molecule has 0 fully saturated rings. The molecule has 10 heterocycles. The molecule has 0 saturated heterocycles. The monoisotopic (exact) mass is 1980 g/mol. The van der Waals surface area contributed by atoms with Gasteiger partial charge in [0.1, 0.15) is 34.2 Å². The summed E-state index contributed by atoms with van der Waals surface area (Å²) in [4.78, 5) is 13.7. The van der Waals surface area contributed by atoms with Gasteiger partial charge in [-0.05, 0) is 151 Å². The minimum atomic E-state index is 0. The van der Waals surface area contributed by atoms with Crippen LogP contribution in [0.3, 0.4) is 0 Å². The number of benzene rings is 8. The van der Waals surface area contributed by atoms with Gasteiger partial charge in [0.2, 0.25) is 22.2 Å². The Hall–Kier alpha value is -5.81. The van der Waals surface area contributed by atoms with Gasteiger partial charge in [0.05, 0.1) is 37.6 Å². The van der Waals surface area contributed by atoms with Gasteiger partial charge in [0.25, 0.3) is 15.0 Å². The number of anilines is 4. The molecule has 0 N–H and O–H groups in total. The second-order valence-corrected chi connectivity index (χ2v) is 34.2. The lowest BCUT2D eigenvalue weighted by Crippen LogP contribution is -3.00. The summed E-state index contributed by atoms with van der Waals surface area (Å²) in [6.07, 6.45) is 31.9. The number of allylic oxidation sites excluding steroid dienone is 10. The van der Waals surface area contributed by atoms with Crippen molar-refractivity contribution in [1.82, 2.24) is 0 Å². The van der Waals surface area contributed by atoms with Crippen molar-refractivity contribution in [1.29, 1.82) is 0 Å². The van der Waals surface area contributed by atoms with Crippen LogP contribution >= 0.6 is 69.3 Å². The lowest BCUT2D eigenvalue weighted by atomic mass is 9.81. The highest BCUT2D eigenvalue weighted by Crippen LogP contribution is 2.52. The average Bonchev–Trinajstić information content (AvgIpc) is 1.60. The Balaban J connectivity index is 0.000000142. The van der Waals surface area contributed by atoms with E-state index in [1.54, 1.807) is 0 Å². The fraction of sp³-hybridized carbons (Fsp3) is 0.244. The maximum atomic E-state index is 2.52. The fourth-order valence-electron chi connectivity index (χ4n) is 15.8. The normalized spacial score (nSPS) is 17.4. The highest BCUT2D eigenvalue weighted by molar-refractivity contribution is 8.04. The van der Waals surface area contributed by atoms with E-state index in [0.29, 0.717) is 0 Å². The number of aromatic nitrogens is 3. The van der Waals surface area contributed by atoms with Gasteiger partial charge in [-0.1, -0.05) is 217 Å². The topological polar surface area (TPSA) is 27.6 Å². The van der Waals surface area contributed by atoms with Gasteiger partial charge in [0.15, 0.2) is 12.3 Å². The minimum Gasteiger partial charge on any atom is -1.00 e. The summed E-state index contributed by atoms with van der Waals surface area (Å²) in [6.45, 7) is 24.4. The fourth-order valence-corrected chi connectivity index (χ4v) is 22.5. The molecule has 18 heteroatoms. The zero-order chi connectivity index (χ0) is 71.6. The molecule has 3 aromatic heterocycles. The van der Waals surface area contributed by atoms with Crippen LogP contribution in [0.15, 0.2) is 272 Å². The van der Waals surface area contributed by atoms with Crippen molar-refractivity contribution in [3.8, 4) is 0 Å². The van der Waals surface area contributed by atoms with E-state index in [1.807, 2.05) is 69.3 Å². The van der Waals surface area contributed by atoms with E-state index in [9.17, 15) is 0 Å². The molecular formula is C90H92I4N8S6. The van der Waals surface area contributed by atoms with Crippen LogP contribution in [0.2, 0.25) is 0 Å². The molecule has 0 radical (unpaired) electrons. The molecule has 0 unspecified atom stereocenters. The third-order valence-electron chi connectivity index (χ3n) is 20.9. The lowest BCUT2D eigenvalue weighted by Gasteiger charge is -2.27. The number of nitrogens with zero attached hydrogens (tertiary/aromatic N) is 8. The van der Waals surface area contributed by atoms with Crippen molar-refractivity contribution in [2.24, 2.45) is 7.05 Å². The molecule has 0 amide bonds. The highest BCUT2D eigenvalue weighted by atomic mass is 127. The average molecular weight is 1990 g/mol. The number of rotatable bonds is 12. The van der Waals surface area contributed by atoms with Crippen LogP contribution < -0.4 is 129 Å². The van der Waals surface area contributed by atoms with E-state index in [4.69, 9.17) is 0 Å². The summed E-state index contributed by atoms with van der Waals surface area (Å²) < 4.78 is 13.7. The van der Waals surface area contributed by atoms with Crippen LogP contribution in [0.1, 0.15) is 106 Å². The van der Waals surface area contributed by atoms with Crippen molar-refractivity contribution in [3.05, 3.63) is 295 Å². The van der Waals surface area contributed by atoms with Crippen LogP contribution in [0, 0.1) is 0 Å². The van der Waals surface area contributed by atoms with E-state index in [0.717, 1.165) is 39.3 Å². The van der Waals surface area contributed by atoms with E-state index in [-0.39, 0.29) is 107 Å². The molecule has 0 atom stereocenters. The molecule has 8 nitrogen and oxygen atoms in total. The second-order valence-electron chi connectivity index (χ2n) is 27.8. The number of thioether (sulfide) groups is 3. The van der Waals surface area contributed by atoms with Crippen LogP contribution in [0.5, 0.6) is 0 Å². The summed E-state index contributed by atoms with van der Waals surface area (Å²) in [6, 6.07) is 65.4. The quantitative estimate of drug-likeness (QED) is 0.0889. The molecule has 8 aromatic carbocycles. The van der Waals surface area contributed by atoms with Gasteiger partial charge in [-0.3, -0.25) is 0 Å². The Morgan fingerprint density at radius 2 is 0.991 bits per heavy atom. The van der Waals surface area contributed by atoms with E-state index >= 15 is 0 Å². The molecule has 0 aliphatic carbocycles. The third-order valence-corrected chi connectivity index (χ3v) is 27.8. The number of thiazole rings is 3. The van der Waals surface area contributed by atoms with Crippen LogP contribution in [0.25, 0.3) is 48.9 Å². The van der Waals surface area contributed by atoms with Crippen molar-refractivity contribution in [3.63, 3.8) is 0 Å². The van der Waals surface area contributed by atoms with Crippen molar-refractivity contribution >= 4 is 152 Å². The predicted molar refractivity (Wildman–Crippen MR) is 451 cm³/mol. The summed E-state index contributed by atoms with van der Waals surface area (Å²) in [5.41, 5.74) is 19.4. The number of hydrogen-bond donors (Lipinski definition) is 0. The van der Waals surface area contributed by atoms with Crippen LogP contribution in [0.4, 0.5) is 28.4 Å². The van der Waals surface area contributed by atoms with Crippen molar-refractivity contribution in [2.75, 3.05) is 52.8 Å². The third kappa shape index (κ3) is 16.5. The SMILES string of the molecule is C(/C=C/c1sc2cccc3c2[n+]1CCC3)=C1/Sc2cccc3c2N1CCC3.CCN1/C(=C/C=C/c2sc3ccccc3[n+]2CC)Sc2ccccc21.CCN1/C(=C\C=C\C2=[N+](CC)c3ccccc3C2(C)C)C(C)(C)c2ccccc21.CN1/C(=C/C=C/c2sc3ccccc3[n+]2C)Sc2ccccc21.[I-].[I-].[I-].[I-]. The van der Waals surface area contributed by atoms with Crippen LogP contribution in [-0.2, 0) is 43.8 Å². The number of likely N-dealkylation sites (N-methyl/N-ethyl adjacent to an activating group) is 1. The number of fused-ring (bicyclic) bond motifs is 6. The molecule has 7 aliphatic rings. The minimum absolute atomic E-state index is 0. The van der Waals surface area contributed by atoms with Gasteiger partial charge in [-0.15, -0.1) is 0 Å². The van der Waals surface area contributed by atoms with Crippen LogP contribution in [-0.4, -0.2) is 43.5 Å². The summed E-state index contributed by atoms with van der Waals surface area (Å²) >= 11 is 11.2. The summed E-state index contributed by atoms with van der Waals surface area (Å²) in [5, 5.41) is 7.84. The Kier molecular flexibility index (Phi) is 28.3. The van der Waals surface area contributed by atoms with Gasteiger partial charge in [-0.2, -0.15) is 18.3 Å². The number of halogens is 4. The van der Waals surface area contributed by atoms with E-state index in [2.05, 4.69) is 362 Å². The first-order valence-electron chi connectivity index (χ1n) is 36.8. The number of para-hydroxylation sites is 8. The predicted octanol–water partition coefficient (Wildman–Crippen LogP) is 10.4. The Labute approximate surface area is 732 Å². The maximum absolute atomic E-state index is 2.52. The van der Waals surface area contributed by atoms with Crippen molar-refractivity contribution < 1.29 is 114 Å². The number of aryl methyl sites for hydroxylation is 5. The molecule has 0 bridgehead atoms. The Morgan fingerprint density at radius 1 is 0.454 bits per heavy atom. The molecule has 108 heavy (non-hydrogen) atoms. The first kappa shape index (κ1) is 83.1. The van der Waals surface area contributed by atoms with Gasteiger partial charge < -0.3 is 116 Å². The largest absolute Gasteiger partial charge is 1.00 e.